The summed E-state index contributed by atoms with van der Waals surface area (Å²) in [7, 11) is 0. The predicted octanol–water partition coefficient (Wildman–Crippen LogP) is 1.70. The minimum absolute atomic E-state index is 0.196. The lowest BCUT2D eigenvalue weighted by Gasteiger charge is -2.11. The minimum Gasteiger partial charge on any atom is -0.310 e. The van der Waals surface area contributed by atoms with Crippen molar-refractivity contribution in [1.82, 2.24) is 20.1 Å². The smallest absolute Gasteiger partial charge is 0.252 e. The van der Waals surface area contributed by atoms with Gasteiger partial charge in [-0.1, -0.05) is 17.7 Å². The Hall–Kier alpha value is -2.19. The Morgan fingerprint density at radius 1 is 1.47 bits per heavy atom. The average molecular weight is 253 g/mol. The Morgan fingerprint density at radius 3 is 3.00 bits per heavy atom. The molecule has 19 heavy (non-hydrogen) atoms. The number of rotatable bonds is 4. The summed E-state index contributed by atoms with van der Waals surface area (Å²) >= 11 is 0. The van der Waals surface area contributed by atoms with E-state index in [1.807, 2.05) is 18.2 Å². The lowest BCUT2D eigenvalue weighted by molar-refractivity contribution is 0.680. The highest BCUT2D eigenvalue weighted by Gasteiger charge is 2.20. The quantitative estimate of drug-likeness (QED) is 0.900. The van der Waals surface area contributed by atoms with Crippen molar-refractivity contribution < 1.29 is 0 Å². The molecule has 0 radical (unpaired) electrons. The van der Waals surface area contributed by atoms with Crippen molar-refractivity contribution in [1.29, 1.82) is 5.26 Å². The first-order valence-electron chi connectivity index (χ1n) is 6.41. The molecule has 1 aliphatic carbocycles. The zero-order chi connectivity index (χ0) is 13.2. The largest absolute Gasteiger partial charge is 0.310 e. The van der Waals surface area contributed by atoms with E-state index >= 15 is 0 Å². The average Bonchev–Trinajstić information content (AvgIpc) is 3.13. The van der Waals surface area contributed by atoms with E-state index in [0.29, 0.717) is 6.04 Å². The molecule has 0 aliphatic heterocycles. The Balaban J connectivity index is 1.91. The fraction of sp³-hybridized carbons (Fsp3) is 0.357. The Morgan fingerprint density at radius 2 is 2.32 bits per heavy atom. The summed E-state index contributed by atoms with van der Waals surface area (Å²) in [5, 5.41) is 16.4. The number of nitrogens with one attached hydrogen (secondary N) is 1. The maximum absolute atomic E-state index is 8.79. The van der Waals surface area contributed by atoms with E-state index in [0.717, 1.165) is 12.2 Å². The van der Waals surface area contributed by atoms with Crippen molar-refractivity contribution in [2.45, 2.75) is 32.4 Å². The van der Waals surface area contributed by atoms with Crippen LogP contribution in [0.1, 0.15) is 29.8 Å². The molecule has 5 nitrogen and oxygen atoms in total. The number of aromatic nitrogens is 3. The Kier molecular flexibility index (Phi) is 3.02. The number of benzene rings is 1. The number of nitrogens with zero attached hydrogens (tertiary/aromatic N) is 4. The topological polar surface area (TPSA) is 66.5 Å². The highest BCUT2D eigenvalue weighted by Crippen LogP contribution is 2.21. The van der Waals surface area contributed by atoms with Gasteiger partial charge in [-0.15, -0.1) is 5.10 Å². The summed E-state index contributed by atoms with van der Waals surface area (Å²) in [6.45, 7) is 2.90. The second kappa shape index (κ2) is 4.82. The van der Waals surface area contributed by atoms with Crippen LogP contribution in [0.15, 0.2) is 24.5 Å². The van der Waals surface area contributed by atoms with E-state index < -0.39 is 0 Å². The molecular weight excluding hydrogens is 238 g/mol. The SMILES string of the molecule is Cc1ccc(-n2cnc(C#N)n2)c(CNC2CC2)c1. The lowest BCUT2D eigenvalue weighted by Crippen LogP contribution is -2.17. The van der Waals surface area contributed by atoms with Crippen LogP contribution in [0, 0.1) is 18.3 Å². The van der Waals surface area contributed by atoms with Gasteiger partial charge in [-0.3, -0.25) is 0 Å². The first-order valence-corrected chi connectivity index (χ1v) is 6.41. The van der Waals surface area contributed by atoms with Gasteiger partial charge in [-0.25, -0.2) is 9.67 Å². The first kappa shape index (κ1) is 11.9. The summed E-state index contributed by atoms with van der Waals surface area (Å²) in [5.41, 5.74) is 3.38. The Labute approximate surface area is 111 Å². The molecule has 2 aromatic rings. The molecule has 0 saturated heterocycles. The van der Waals surface area contributed by atoms with Gasteiger partial charge in [0, 0.05) is 12.6 Å². The van der Waals surface area contributed by atoms with Gasteiger partial charge in [0.15, 0.2) is 0 Å². The molecule has 0 spiro atoms. The van der Waals surface area contributed by atoms with Crippen molar-refractivity contribution in [3.8, 4) is 11.8 Å². The third-order valence-electron chi connectivity index (χ3n) is 3.23. The number of hydrogen-bond acceptors (Lipinski definition) is 4. The molecule has 1 aliphatic rings. The molecule has 1 aromatic heterocycles. The molecular formula is C14H15N5. The van der Waals surface area contributed by atoms with Crippen LogP contribution in [0.4, 0.5) is 0 Å². The normalized spacial score (nSPS) is 14.3. The summed E-state index contributed by atoms with van der Waals surface area (Å²) in [6.07, 6.45) is 4.12. The monoisotopic (exact) mass is 253 g/mol. The summed E-state index contributed by atoms with van der Waals surface area (Å²) < 4.78 is 1.67. The van der Waals surface area contributed by atoms with E-state index in [1.54, 1.807) is 11.0 Å². The van der Waals surface area contributed by atoms with Gasteiger partial charge in [-0.05, 0) is 31.4 Å². The van der Waals surface area contributed by atoms with Crippen LogP contribution in [0.5, 0.6) is 0 Å². The number of hydrogen-bond donors (Lipinski definition) is 1. The van der Waals surface area contributed by atoms with Crippen molar-refractivity contribution in [3.05, 3.63) is 41.5 Å². The van der Waals surface area contributed by atoms with Gasteiger partial charge in [0.25, 0.3) is 5.82 Å². The van der Waals surface area contributed by atoms with Crippen molar-refractivity contribution in [2.24, 2.45) is 0 Å². The van der Waals surface area contributed by atoms with Crippen molar-refractivity contribution in [2.75, 3.05) is 0 Å². The maximum Gasteiger partial charge on any atom is 0.252 e. The molecule has 96 valence electrons. The van der Waals surface area contributed by atoms with E-state index in [-0.39, 0.29) is 5.82 Å². The van der Waals surface area contributed by atoms with Crippen LogP contribution in [0.3, 0.4) is 0 Å². The highest BCUT2D eigenvalue weighted by atomic mass is 15.3. The van der Waals surface area contributed by atoms with Gasteiger partial charge in [-0.2, -0.15) is 5.26 Å². The van der Waals surface area contributed by atoms with Gasteiger partial charge < -0.3 is 5.32 Å². The Bertz CT molecular complexity index is 634. The van der Waals surface area contributed by atoms with Crippen LogP contribution in [0.2, 0.25) is 0 Å². The first-order chi connectivity index (χ1) is 9.26. The van der Waals surface area contributed by atoms with Crippen LogP contribution >= 0.6 is 0 Å². The van der Waals surface area contributed by atoms with E-state index in [2.05, 4.69) is 28.4 Å². The van der Waals surface area contributed by atoms with Gasteiger partial charge in [0.1, 0.15) is 12.4 Å². The van der Waals surface area contributed by atoms with Crippen LogP contribution < -0.4 is 5.32 Å². The van der Waals surface area contributed by atoms with Crippen molar-refractivity contribution in [3.63, 3.8) is 0 Å². The molecule has 0 bridgehead atoms. The molecule has 0 amide bonds. The number of nitriles is 1. The van der Waals surface area contributed by atoms with E-state index in [1.165, 1.54) is 24.0 Å². The number of aryl methyl sites for hydroxylation is 1. The lowest BCUT2D eigenvalue weighted by atomic mass is 10.1. The fourth-order valence-corrected chi connectivity index (χ4v) is 2.05. The minimum atomic E-state index is 0.196. The molecule has 1 N–H and O–H groups in total. The third kappa shape index (κ3) is 2.64. The standard InChI is InChI=1S/C14H15N5/c1-10-2-5-13(19-9-17-14(7-15)18-19)11(6-10)8-16-12-3-4-12/h2,5-6,9,12,16H,3-4,8H2,1H3. The van der Waals surface area contributed by atoms with Crippen LogP contribution in [-0.4, -0.2) is 20.8 Å². The van der Waals surface area contributed by atoms with Gasteiger partial charge >= 0.3 is 0 Å². The summed E-state index contributed by atoms with van der Waals surface area (Å²) in [6, 6.07) is 8.83. The van der Waals surface area contributed by atoms with Gasteiger partial charge in [0.05, 0.1) is 5.69 Å². The molecule has 1 fully saturated rings. The predicted molar refractivity (Wildman–Crippen MR) is 70.7 cm³/mol. The molecule has 1 aromatic carbocycles. The summed E-state index contributed by atoms with van der Waals surface area (Å²) in [4.78, 5) is 3.95. The van der Waals surface area contributed by atoms with Crippen LogP contribution in [-0.2, 0) is 6.54 Å². The van der Waals surface area contributed by atoms with E-state index in [4.69, 9.17) is 5.26 Å². The maximum atomic E-state index is 8.79. The zero-order valence-electron chi connectivity index (χ0n) is 10.8. The molecule has 0 atom stereocenters. The zero-order valence-corrected chi connectivity index (χ0v) is 10.8. The van der Waals surface area contributed by atoms with Gasteiger partial charge in [0.2, 0.25) is 0 Å². The highest BCUT2D eigenvalue weighted by molar-refractivity contribution is 5.42. The molecule has 0 unspecified atom stereocenters. The van der Waals surface area contributed by atoms with E-state index in [9.17, 15) is 0 Å². The van der Waals surface area contributed by atoms with Crippen LogP contribution in [0.25, 0.3) is 5.69 Å². The summed E-state index contributed by atoms with van der Waals surface area (Å²) in [5.74, 6) is 0.196. The second-order valence-electron chi connectivity index (χ2n) is 4.91. The fourth-order valence-electron chi connectivity index (χ4n) is 2.05. The molecule has 5 heteroatoms. The van der Waals surface area contributed by atoms with Crippen molar-refractivity contribution >= 4 is 0 Å². The third-order valence-corrected chi connectivity index (χ3v) is 3.23. The molecule has 3 rings (SSSR count). The molecule has 1 heterocycles. The molecule has 1 saturated carbocycles. The second-order valence-corrected chi connectivity index (χ2v) is 4.91.